The fourth-order valence-corrected chi connectivity index (χ4v) is 5.37. The number of carbonyl (C=O) groups is 3. The van der Waals surface area contributed by atoms with Crippen LogP contribution in [0, 0.1) is 0 Å². The lowest BCUT2D eigenvalue weighted by atomic mass is 10.1. The van der Waals surface area contributed by atoms with Gasteiger partial charge in [-0.1, -0.05) is 42.2 Å². The predicted molar refractivity (Wildman–Crippen MR) is 134 cm³/mol. The van der Waals surface area contributed by atoms with Crippen LogP contribution in [-0.2, 0) is 14.4 Å². The fourth-order valence-electron chi connectivity index (χ4n) is 3.78. The maximum absolute atomic E-state index is 13.4. The lowest BCUT2D eigenvalue weighted by molar-refractivity contribution is -0.123. The number of thiocarbonyl (C=S) groups is 1. The number of rotatable bonds is 6. The van der Waals surface area contributed by atoms with Gasteiger partial charge in [0.1, 0.15) is 16.6 Å². The van der Waals surface area contributed by atoms with Gasteiger partial charge in [-0.15, -0.1) is 0 Å². The summed E-state index contributed by atoms with van der Waals surface area (Å²) < 4.78 is 5.84. The molecule has 2 heterocycles. The summed E-state index contributed by atoms with van der Waals surface area (Å²) >= 11 is 6.51. The van der Waals surface area contributed by atoms with Crippen molar-refractivity contribution in [2.75, 3.05) is 23.4 Å². The minimum absolute atomic E-state index is 0.113. The second-order valence-electron chi connectivity index (χ2n) is 7.76. The lowest BCUT2D eigenvalue weighted by Crippen LogP contribution is -2.36. The molecule has 170 valence electrons. The molecule has 0 saturated carbocycles. The van der Waals surface area contributed by atoms with Crippen LogP contribution < -0.4 is 15.0 Å². The van der Waals surface area contributed by atoms with E-state index in [1.807, 2.05) is 20.8 Å². The van der Waals surface area contributed by atoms with Gasteiger partial charge in [0.05, 0.1) is 22.8 Å². The Morgan fingerprint density at radius 1 is 1.09 bits per heavy atom. The number of para-hydroxylation sites is 1. The van der Waals surface area contributed by atoms with Crippen molar-refractivity contribution in [2.45, 2.75) is 26.8 Å². The van der Waals surface area contributed by atoms with E-state index in [4.69, 9.17) is 17.0 Å². The molecular formula is C24H23N3O4S2. The van der Waals surface area contributed by atoms with Crippen molar-refractivity contribution in [3.63, 3.8) is 0 Å². The number of nitrogens with zero attached hydrogens (tertiary/aromatic N) is 2. The van der Waals surface area contributed by atoms with Gasteiger partial charge >= 0.3 is 0 Å². The van der Waals surface area contributed by atoms with Crippen molar-refractivity contribution in [1.29, 1.82) is 0 Å². The number of fused-ring (bicyclic) bond motifs is 1. The highest BCUT2D eigenvalue weighted by atomic mass is 32.2. The molecule has 9 heteroatoms. The Kier molecular flexibility index (Phi) is 6.53. The monoisotopic (exact) mass is 481 g/mol. The maximum atomic E-state index is 13.4. The highest BCUT2D eigenvalue weighted by Crippen LogP contribution is 2.44. The number of ether oxygens (including phenoxy) is 1. The van der Waals surface area contributed by atoms with E-state index in [9.17, 15) is 14.4 Å². The number of thioether (sulfide) groups is 1. The molecule has 7 nitrogen and oxygen atoms in total. The molecule has 1 N–H and O–H groups in total. The quantitative estimate of drug-likeness (QED) is 0.495. The number of amides is 3. The summed E-state index contributed by atoms with van der Waals surface area (Å²) in [6.45, 7) is 6.02. The summed E-state index contributed by atoms with van der Waals surface area (Å²) in [7, 11) is 0. The summed E-state index contributed by atoms with van der Waals surface area (Å²) in [5.41, 5.74) is 2.11. The first-order valence-electron chi connectivity index (χ1n) is 10.6. The van der Waals surface area contributed by atoms with Crippen LogP contribution in [0.25, 0.3) is 5.57 Å². The molecule has 3 amide bonds. The molecule has 0 spiro atoms. The van der Waals surface area contributed by atoms with Crippen molar-refractivity contribution in [3.8, 4) is 5.75 Å². The van der Waals surface area contributed by atoms with Crippen molar-refractivity contribution in [2.24, 2.45) is 0 Å². The number of nitrogens with one attached hydrogen (secondary N) is 1. The molecule has 33 heavy (non-hydrogen) atoms. The summed E-state index contributed by atoms with van der Waals surface area (Å²) in [5.74, 6) is -0.304. The van der Waals surface area contributed by atoms with Crippen LogP contribution in [0.15, 0.2) is 53.4 Å². The van der Waals surface area contributed by atoms with Crippen LogP contribution in [0.4, 0.5) is 11.4 Å². The standard InChI is InChI=1S/C24H23N3O4S2/c1-4-31-16-11-9-15(10-12-16)25-19(28)13-26-18-8-6-5-7-17(18)20(22(26)29)21-23(30)27(14(2)3)24(32)33-21/h5-12,14H,4,13H2,1-3H3,(H,25,28). The first-order chi connectivity index (χ1) is 15.8. The van der Waals surface area contributed by atoms with Gasteiger partial charge in [0, 0.05) is 17.3 Å². The normalized spacial score (nSPS) is 17.8. The molecule has 1 saturated heterocycles. The Balaban J connectivity index is 1.59. The molecule has 0 atom stereocenters. The second kappa shape index (κ2) is 9.36. The molecule has 4 rings (SSSR count). The van der Waals surface area contributed by atoms with Crippen molar-refractivity contribution in [3.05, 3.63) is 59.0 Å². The second-order valence-corrected chi connectivity index (χ2v) is 9.40. The summed E-state index contributed by atoms with van der Waals surface area (Å²) in [5, 5.41) is 2.81. The summed E-state index contributed by atoms with van der Waals surface area (Å²) in [6, 6.07) is 14.1. The SMILES string of the molecule is CCOc1ccc(NC(=O)CN2C(=O)C(=C3SC(=S)N(C(C)C)C3=O)c3ccccc32)cc1. The average molecular weight is 482 g/mol. The lowest BCUT2D eigenvalue weighted by Gasteiger charge is -2.18. The number of carbonyl (C=O) groups excluding carboxylic acids is 3. The maximum Gasteiger partial charge on any atom is 0.267 e. The first-order valence-corrected chi connectivity index (χ1v) is 11.8. The number of hydrogen-bond donors (Lipinski definition) is 1. The molecule has 0 aliphatic carbocycles. The minimum Gasteiger partial charge on any atom is -0.494 e. The molecule has 2 aliphatic rings. The number of anilines is 2. The fraction of sp³-hybridized carbons (Fsp3) is 0.250. The zero-order valence-corrected chi connectivity index (χ0v) is 20.1. The highest BCUT2D eigenvalue weighted by molar-refractivity contribution is 8.26. The zero-order chi connectivity index (χ0) is 23.7. The molecule has 2 aliphatic heterocycles. The van der Waals surface area contributed by atoms with Crippen molar-refractivity contribution < 1.29 is 19.1 Å². The predicted octanol–water partition coefficient (Wildman–Crippen LogP) is 4.05. The van der Waals surface area contributed by atoms with E-state index < -0.39 is 0 Å². The molecule has 0 radical (unpaired) electrons. The molecule has 0 aromatic heterocycles. The number of benzene rings is 2. The third kappa shape index (κ3) is 4.38. The number of hydrogen-bond acceptors (Lipinski definition) is 6. The van der Waals surface area contributed by atoms with Gasteiger partial charge in [-0.3, -0.25) is 24.2 Å². The molecule has 2 aromatic carbocycles. The van der Waals surface area contributed by atoms with E-state index in [-0.39, 0.29) is 30.3 Å². The zero-order valence-electron chi connectivity index (χ0n) is 18.5. The van der Waals surface area contributed by atoms with Gasteiger partial charge in [0.25, 0.3) is 11.8 Å². The van der Waals surface area contributed by atoms with Gasteiger partial charge in [-0.25, -0.2) is 0 Å². The van der Waals surface area contributed by atoms with E-state index in [0.717, 1.165) is 11.8 Å². The third-order valence-electron chi connectivity index (χ3n) is 5.22. The van der Waals surface area contributed by atoms with Crippen LogP contribution in [0.1, 0.15) is 26.3 Å². The smallest absolute Gasteiger partial charge is 0.267 e. The Morgan fingerprint density at radius 3 is 2.42 bits per heavy atom. The molecule has 2 aromatic rings. The molecular weight excluding hydrogens is 458 g/mol. The van der Waals surface area contributed by atoms with E-state index in [0.29, 0.717) is 44.1 Å². The van der Waals surface area contributed by atoms with Crippen molar-refractivity contribution >= 4 is 63.0 Å². The summed E-state index contributed by atoms with van der Waals surface area (Å²) in [4.78, 5) is 42.5. The third-order valence-corrected chi connectivity index (χ3v) is 6.62. The Morgan fingerprint density at radius 2 is 1.79 bits per heavy atom. The van der Waals surface area contributed by atoms with Gasteiger partial charge in [0.2, 0.25) is 5.91 Å². The molecule has 0 unspecified atom stereocenters. The first kappa shape index (κ1) is 23.0. The van der Waals surface area contributed by atoms with E-state index in [1.165, 1.54) is 9.80 Å². The highest BCUT2D eigenvalue weighted by Gasteiger charge is 2.43. The Labute approximate surface area is 201 Å². The topological polar surface area (TPSA) is 79.0 Å². The largest absolute Gasteiger partial charge is 0.494 e. The average Bonchev–Trinajstić information content (AvgIpc) is 3.22. The van der Waals surface area contributed by atoms with Crippen LogP contribution in [0.3, 0.4) is 0 Å². The Bertz CT molecular complexity index is 1170. The minimum atomic E-state index is -0.387. The van der Waals surface area contributed by atoms with Crippen LogP contribution in [0.5, 0.6) is 5.75 Å². The van der Waals surface area contributed by atoms with Gasteiger partial charge in [-0.05, 0) is 51.1 Å². The Hall–Kier alpha value is -3.17. The van der Waals surface area contributed by atoms with Crippen molar-refractivity contribution in [1.82, 2.24) is 4.90 Å². The van der Waals surface area contributed by atoms with Gasteiger partial charge in [0.15, 0.2) is 0 Å². The van der Waals surface area contributed by atoms with Crippen LogP contribution in [-0.4, -0.2) is 46.1 Å². The van der Waals surface area contributed by atoms with Gasteiger partial charge < -0.3 is 10.1 Å². The molecule has 0 bridgehead atoms. The molecule has 1 fully saturated rings. The summed E-state index contributed by atoms with van der Waals surface area (Å²) in [6.07, 6.45) is 0. The van der Waals surface area contributed by atoms with E-state index in [2.05, 4.69) is 5.32 Å². The van der Waals surface area contributed by atoms with Gasteiger partial charge in [-0.2, -0.15) is 0 Å². The van der Waals surface area contributed by atoms with Crippen LogP contribution in [0.2, 0.25) is 0 Å². The van der Waals surface area contributed by atoms with E-state index in [1.54, 1.807) is 48.5 Å². The van der Waals surface area contributed by atoms with Crippen LogP contribution >= 0.6 is 24.0 Å². The van der Waals surface area contributed by atoms with E-state index >= 15 is 0 Å².